The Hall–Kier alpha value is -2.21. The minimum atomic E-state index is -1.78. The molecule has 0 aliphatic carbocycles. The van der Waals surface area contributed by atoms with Gasteiger partial charge in [-0.1, -0.05) is 84.4 Å². The maximum Gasteiger partial charge on any atom is 0.129 e. The first-order valence-electron chi connectivity index (χ1n) is 9.13. The molecule has 0 fully saturated rings. The number of aliphatic hydroxyl groups excluding tert-OH is 1. The number of hydrogen-bond acceptors (Lipinski definition) is 4. The Labute approximate surface area is 170 Å². The van der Waals surface area contributed by atoms with Crippen LogP contribution < -0.4 is 11.5 Å². The molecule has 0 heterocycles. The molecule has 5 heteroatoms. The van der Waals surface area contributed by atoms with Crippen LogP contribution in [0.25, 0.3) is 0 Å². The average Bonchev–Trinajstić information content (AvgIpc) is 2.73. The second kappa shape index (κ2) is 8.03. The molecule has 0 aromatic heterocycles. The normalized spacial score (nSPS) is 17.9. The van der Waals surface area contributed by atoms with Gasteiger partial charge in [-0.2, -0.15) is 0 Å². The molecule has 28 heavy (non-hydrogen) atoms. The number of rotatable bonds is 6. The summed E-state index contributed by atoms with van der Waals surface area (Å²) in [6.07, 6.45) is -1.22. The van der Waals surface area contributed by atoms with E-state index in [0.29, 0.717) is 21.7 Å². The molecule has 3 rings (SSSR count). The zero-order valence-electron chi connectivity index (χ0n) is 15.7. The first kappa shape index (κ1) is 20.5. The van der Waals surface area contributed by atoms with E-state index in [1.165, 1.54) is 0 Å². The van der Waals surface area contributed by atoms with E-state index in [1.807, 2.05) is 36.4 Å². The first-order chi connectivity index (χ1) is 13.3. The van der Waals surface area contributed by atoms with Crippen molar-refractivity contribution in [3.63, 3.8) is 0 Å². The molecule has 4 unspecified atom stereocenters. The molecule has 4 atom stereocenters. The predicted octanol–water partition coefficient (Wildman–Crippen LogP) is 3.46. The van der Waals surface area contributed by atoms with Crippen LogP contribution in [0.15, 0.2) is 84.9 Å². The second-order valence-electron chi connectivity index (χ2n) is 7.11. The highest BCUT2D eigenvalue weighted by Gasteiger charge is 2.57. The van der Waals surface area contributed by atoms with Crippen molar-refractivity contribution in [1.29, 1.82) is 0 Å². The Kier molecular flexibility index (Phi) is 5.89. The summed E-state index contributed by atoms with van der Waals surface area (Å²) in [7, 11) is 0. The first-order valence-corrected chi connectivity index (χ1v) is 9.51. The van der Waals surface area contributed by atoms with Crippen LogP contribution in [0.1, 0.15) is 29.7 Å². The molecule has 0 radical (unpaired) electrons. The molecule has 0 aliphatic rings. The Morgan fingerprint density at radius 2 is 1.32 bits per heavy atom. The van der Waals surface area contributed by atoms with Crippen molar-refractivity contribution in [2.45, 2.75) is 30.2 Å². The van der Waals surface area contributed by atoms with Crippen molar-refractivity contribution >= 4 is 11.6 Å². The molecule has 4 nitrogen and oxygen atoms in total. The zero-order valence-corrected chi connectivity index (χ0v) is 16.4. The Balaban J connectivity index is 2.29. The fourth-order valence-corrected chi connectivity index (χ4v) is 3.91. The summed E-state index contributed by atoms with van der Waals surface area (Å²) in [4.78, 5) is 0. The van der Waals surface area contributed by atoms with E-state index in [4.69, 9.17) is 23.1 Å². The highest BCUT2D eigenvalue weighted by Crippen LogP contribution is 2.48. The van der Waals surface area contributed by atoms with Gasteiger partial charge in [0.2, 0.25) is 0 Å². The lowest BCUT2D eigenvalue weighted by atomic mass is 9.64. The van der Waals surface area contributed by atoms with E-state index in [2.05, 4.69) is 0 Å². The molecule has 0 saturated carbocycles. The number of hydrogen-bond donors (Lipinski definition) is 4. The molecule has 3 aromatic rings. The van der Waals surface area contributed by atoms with Crippen molar-refractivity contribution in [2.75, 3.05) is 0 Å². The van der Waals surface area contributed by atoms with Crippen molar-refractivity contribution in [1.82, 2.24) is 0 Å². The van der Waals surface area contributed by atoms with Crippen molar-refractivity contribution in [2.24, 2.45) is 11.5 Å². The molecular weight excluding hydrogens is 372 g/mol. The lowest BCUT2D eigenvalue weighted by Gasteiger charge is -2.50. The van der Waals surface area contributed by atoms with Crippen LogP contribution in [0.3, 0.4) is 0 Å². The van der Waals surface area contributed by atoms with Crippen LogP contribution >= 0.6 is 11.6 Å². The topological polar surface area (TPSA) is 92.5 Å². The minimum Gasteiger partial charge on any atom is -0.386 e. The molecule has 0 spiro atoms. The van der Waals surface area contributed by atoms with Gasteiger partial charge < -0.3 is 21.7 Å². The number of nitrogens with two attached hydrogens (primary N) is 2. The number of halogens is 1. The van der Waals surface area contributed by atoms with E-state index in [0.717, 1.165) is 0 Å². The number of benzene rings is 3. The zero-order chi connectivity index (χ0) is 20.4. The van der Waals surface area contributed by atoms with Crippen LogP contribution in [0.4, 0.5) is 0 Å². The van der Waals surface area contributed by atoms with E-state index in [9.17, 15) is 10.2 Å². The summed E-state index contributed by atoms with van der Waals surface area (Å²) in [5.41, 5.74) is 11.5. The van der Waals surface area contributed by atoms with E-state index in [-0.39, 0.29) is 0 Å². The van der Waals surface area contributed by atoms with E-state index < -0.39 is 23.3 Å². The highest BCUT2D eigenvalue weighted by atomic mass is 35.5. The van der Waals surface area contributed by atoms with E-state index in [1.54, 1.807) is 55.5 Å². The molecule has 0 bridgehead atoms. The average molecular weight is 397 g/mol. The lowest BCUT2D eigenvalue weighted by molar-refractivity contribution is -0.115. The molecule has 0 saturated heterocycles. The Morgan fingerprint density at radius 1 is 0.821 bits per heavy atom. The Bertz CT molecular complexity index is 903. The van der Waals surface area contributed by atoms with Gasteiger partial charge in [0, 0.05) is 11.1 Å². The fraction of sp³-hybridized carbons (Fsp3) is 0.217. The van der Waals surface area contributed by atoms with Gasteiger partial charge in [0.05, 0.1) is 0 Å². The molecule has 146 valence electrons. The molecule has 6 N–H and O–H groups in total. The van der Waals surface area contributed by atoms with Gasteiger partial charge in [0.25, 0.3) is 0 Å². The van der Waals surface area contributed by atoms with Crippen molar-refractivity contribution < 1.29 is 10.2 Å². The minimum absolute atomic E-state index is 0.480. The molecule has 3 aromatic carbocycles. The quantitative estimate of drug-likeness (QED) is 0.513. The summed E-state index contributed by atoms with van der Waals surface area (Å²) in [6, 6.07) is 24.0. The van der Waals surface area contributed by atoms with Crippen LogP contribution in [-0.2, 0) is 11.1 Å². The van der Waals surface area contributed by atoms with Gasteiger partial charge in [-0.05, 0) is 35.7 Å². The third-order valence-corrected chi connectivity index (χ3v) is 5.62. The van der Waals surface area contributed by atoms with Gasteiger partial charge in [0.15, 0.2) is 0 Å². The summed E-state index contributed by atoms with van der Waals surface area (Å²) < 4.78 is 0. The van der Waals surface area contributed by atoms with Crippen molar-refractivity contribution in [3.05, 3.63) is 107 Å². The SMILES string of the molecule is CC(N)C(O)(c1ccc(Cl)cc1)C(N)(c1ccccc1)C(O)c1ccccc1. The van der Waals surface area contributed by atoms with Gasteiger partial charge in [-0.3, -0.25) is 0 Å². The fourth-order valence-electron chi connectivity index (χ4n) is 3.78. The monoisotopic (exact) mass is 396 g/mol. The largest absolute Gasteiger partial charge is 0.386 e. The highest BCUT2D eigenvalue weighted by molar-refractivity contribution is 6.30. The van der Waals surface area contributed by atoms with Gasteiger partial charge in [-0.15, -0.1) is 0 Å². The number of aliphatic hydroxyl groups is 2. The second-order valence-corrected chi connectivity index (χ2v) is 7.55. The van der Waals surface area contributed by atoms with Crippen LogP contribution in [0.5, 0.6) is 0 Å². The maximum atomic E-state index is 12.0. The smallest absolute Gasteiger partial charge is 0.129 e. The molecular formula is C23H25ClN2O2. The van der Waals surface area contributed by atoms with Crippen LogP contribution in [0, 0.1) is 0 Å². The summed E-state index contributed by atoms with van der Waals surface area (Å²) in [6.45, 7) is 1.68. The summed E-state index contributed by atoms with van der Waals surface area (Å²) in [5, 5.41) is 24.0. The molecule has 0 aliphatic heterocycles. The third-order valence-electron chi connectivity index (χ3n) is 5.37. The summed E-state index contributed by atoms with van der Waals surface area (Å²) in [5.74, 6) is 0. The van der Waals surface area contributed by atoms with Gasteiger partial charge >= 0.3 is 0 Å². The van der Waals surface area contributed by atoms with Gasteiger partial charge in [0.1, 0.15) is 17.2 Å². The van der Waals surface area contributed by atoms with Gasteiger partial charge in [-0.25, -0.2) is 0 Å². The van der Waals surface area contributed by atoms with Crippen LogP contribution in [-0.4, -0.2) is 16.3 Å². The Morgan fingerprint density at radius 3 is 1.82 bits per heavy atom. The maximum absolute atomic E-state index is 12.0. The standard InChI is InChI=1S/C23H25ClN2O2/c1-16(25)23(28,19-12-14-20(24)15-13-19)22(26,18-10-6-3-7-11-18)21(27)17-8-4-2-5-9-17/h2-16,21,27-28H,25-26H2,1H3. The van der Waals surface area contributed by atoms with E-state index >= 15 is 0 Å². The third kappa shape index (κ3) is 3.34. The molecule has 0 amide bonds. The summed E-state index contributed by atoms with van der Waals surface area (Å²) >= 11 is 6.04. The lowest BCUT2D eigenvalue weighted by Crippen LogP contribution is -2.65. The van der Waals surface area contributed by atoms with Crippen molar-refractivity contribution in [3.8, 4) is 0 Å². The van der Waals surface area contributed by atoms with Crippen LogP contribution in [0.2, 0.25) is 5.02 Å². The predicted molar refractivity (Wildman–Crippen MR) is 113 cm³/mol.